The largest absolute Gasteiger partial charge is 0.482 e. The molecule has 0 saturated heterocycles. The fourth-order valence-electron chi connectivity index (χ4n) is 2.51. The molecule has 11 heteroatoms. The molecule has 1 aliphatic rings. The number of nitrogens with zero attached hydrogens (tertiary/aromatic N) is 3. The van der Waals surface area contributed by atoms with Crippen LogP contribution in [-0.4, -0.2) is 33.3 Å². The molecule has 0 unspecified atom stereocenters. The molecular weight excluding hydrogens is 401 g/mol. The smallest absolute Gasteiger partial charge is 0.234 e. The highest BCUT2D eigenvalue weighted by atomic mass is 32.2. The van der Waals surface area contributed by atoms with Crippen LogP contribution in [0.2, 0.25) is 0 Å². The molecule has 1 amide bonds. The number of halogens is 1. The molecule has 3 N–H and O–H groups in total. The second-order valence-electron chi connectivity index (χ2n) is 5.89. The standard InChI is InChI=1S/C18H16FN5O4S/c19-12-3-1-2-4-13(12)26-8-16-22-23-18(24(16)20)29-9-17(25)21-11-5-6-14-15(7-11)28-10-27-14/h1-7H,8-10,20H2,(H,21,25). The van der Waals surface area contributed by atoms with Gasteiger partial charge >= 0.3 is 0 Å². The maximum Gasteiger partial charge on any atom is 0.234 e. The summed E-state index contributed by atoms with van der Waals surface area (Å²) in [6.07, 6.45) is 0. The predicted octanol–water partition coefficient (Wildman–Crippen LogP) is 2.17. The minimum Gasteiger partial charge on any atom is -0.482 e. The van der Waals surface area contributed by atoms with E-state index in [9.17, 15) is 9.18 Å². The summed E-state index contributed by atoms with van der Waals surface area (Å²) in [5, 5.41) is 10.9. The number of nitrogens with two attached hydrogens (primary N) is 1. The van der Waals surface area contributed by atoms with E-state index in [2.05, 4.69) is 15.5 Å². The highest BCUT2D eigenvalue weighted by molar-refractivity contribution is 7.99. The van der Waals surface area contributed by atoms with Crippen LogP contribution in [0, 0.1) is 5.82 Å². The third-order valence-electron chi connectivity index (χ3n) is 3.92. The van der Waals surface area contributed by atoms with E-state index in [0.717, 1.165) is 11.8 Å². The minimum atomic E-state index is -0.481. The van der Waals surface area contributed by atoms with Gasteiger partial charge in [0.15, 0.2) is 28.9 Å². The van der Waals surface area contributed by atoms with Crippen LogP contribution < -0.4 is 25.4 Å². The number of hydrogen-bond acceptors (Lipinski definition) is 8. The van der Waals surface area contributed by atoms with E-state index in [0.29, 0.717) is 28.2 Å². The molecule has 150 valence electrons. The second kappa shape index (κ2) is 8.27. The number of benzene rings is 2. The van der Waals surface area contributed by atoms with Crippen LogP contribution in [0.15, 0.2) is 47.6 Å². The number of carbonyl (C=O) groups is 1. The van der Waals surface area contributed by atoms with Gasteiger partial charge in [-0.15, -0.1) is 10.2 Å². The number of amides is 1. The molecule has 0 fully saturated rings. The summed E-state index contributed by atoms with van der Waals surface area (Å²) in [6.45, 7) is 0.103. The second-order valence-corrected chi connectivity index (χ2v) is 6.84. The van der Waals surface area contributed by atoms with Crippen molar-refractivity contribution in [3.63, 3.8) is 0 Å². The van der Waals surface area contributed by atoms with Gasteiger partial charge in [0, 0.05) is 11.8 Å². The van der Waals surface area contributed by atoms with Crippen LogP contribution >= 0.6 is 11.8 Å². The molecular formula is C18H16FN5O4S. The summed E-state index contributed by atoms with van der Waals surface area (Å²) >= 11 is 1.11. The predicted molar refractivity (Wildman–Crippen MR) is 103 cm³/mol. The van der Waals surface area contributed by atoms with E-state index in [1.54, 1.807) is 30.3 Å². The molecule has 2 heterocycles. The normalized spacial score (nSPS) is 12.0. The first-order chi connectivity index (χ1) is 14.1. The molecule has 0 bridgehead atoms. The lowest BCUT2D eigenvalue weighted by Crippen LogP contribution is -2.18. The molecule has 0 spiro atoms. The quantitative estimate of drug-likeness (QED) is 0.444. The van der Waals surface area contributed by atoms with Gasteiger partial charge in [-0.3, -0.25) is 4.79 Å². The summed E-state index contributed by atoms with van der Waals surface area (Å²) in [5.41, 5.74) is 0.591. The Bertz CT molecular complexity index is 1040. The Hall–Kier alpha value is -3.47. The Morgan fingerprint density at radius 1 is 1.24 bits per heavy atom. The number of nitrogens with one attached hydrogen (secondary N) is 1. The SMILES string of the molecule is Nn1c(COc2ccccc2F)nnc1SCC(=O)Nc1ccc2c(c1)OCO2. The van der Waals surface area contributed by atoms with Gasteiger partial charge < -0.3 is 25.4 Å². The van der Waals surface area contributed by atoms with E-state index in [4.69, 9.17) is 20.1 Å². The molecule has 0 radical (unpaired) electrons. The van der Waals surface area contributed by atoms with Gasteiger partial charge in [-0.05, 0) is 24.3 Å². The van der Waals surface area contributed by atoms with Crippen molar-refractivity contribution in [3.05, 3.63) is 54.1 Å². The summed E-state index contributed by atoms with van der Waals surface area (Å²) in [4.78, 5) is 12.2. The number of nitrogen functional groups attached to an aromatic ring is 1. The molecule has 0 saturated carbocycles. The van der Waals surface area contributed by atoms with Crippen LogP contribution in [0.4, 0.5) is 10.1 Å². The average Bonchev–Trinajstić information content (AvgIpc) is 3.32. The van der Waals surface area contributed by atoms with Crippen molar-refractivity contribution in [3.8, 4) is 17.2 Å². The number of ether oxygens (including phenoxy) is 3. The first kappa shape index (κ1) is 18.9. The number of anilines is 1. The average molecular weight is 417 g/mol. The van der Waals surface area contributed by atoms with Crippen molar-refractivity contribution in [1.82, 2.24) is 14.9 Å². The van der Waals surface area contributed by atoms with Gasteiger partial charge in [-0.25, -0.2) is 9.07 Å². The zero-order valence-corrected chi connectivity index (χ0v) is 15.8. The van der Waals surface area contributed by atoms with Crippen LogP contribution in [-0.2, 0) is 11.4 Å². The summed E-state index contributed by atoms with van der Waals surface area (Å²) in [6, 6.07) is 11.2. The van der Waals surface area contributed by atoms with Gasteiger partial charge in [-0.1, -0.05) is 23.9 Å². The van der Waals surface area contributed by atoms with Crippen LogP contribution in [0.3, 0.4) is 0 Å². The topological polar surface area (TPSA) is 114 Å². The molecule has 1 aliphatic heterocycles. The molecule has 29 heavy (non-hydrogen) atoms. The van der Waals surface area contributed by atoms with E-state index >= 15 is 0 Å². The highest BCUT2D eigenvalue weighted by Crippen LogP contribution is 2.34. The lowest BCUT2D eigenvalue weighted by molar-refractivity contribution is -0.113. The van der Waals surface area contributed by atoms with Gasteiger partial charge in [0.05, 0.1) is 5.75 Å². The Morgan fingerprint density at radius 2 is 2.07 bits per heavy atom. The van der Waals surface area contributed by atoms with Crippen LogP contribution in [0.5, 0.6) is 17.2 Å². The summed E-state index contributed by atoms with van der Waals surface area (Å²) in [5.74, 6) is 6.88. The number of aromatic nitrogens is 3. The maximum atomic E-state index is 13.6. The zero-order valence-electron chi connectivity index (χ0n) is 15.0. The Kier molecular flexibility index (Phi) is 5.38. The summed E-state index contributed by atoms with van der Waals surface area (Å²) in [7, 11) is 0. The molecule has 3 aromatic rings. The molecule has 0 aliphatic carbocycles. The van der Waals surface area contributed by atoms with Crippen molar-refractivity contribution < 1.29 is 23.4 Å². The molecule has 2 aromatic carbocycles. The van der Waals surface area contributed by atoms with Crippen molar-refractivity contribution in [2.24, 2.45) is 0 Å². The van der Waals surface area contributed by atoms with E-state index < -0.39 is 5.82 Å². The van der Waals surface area contributed by atoms with E-state index in [1.165, 1.54) is 16.8 Å². The molecule has 1 aromatic heterocycles. The van der Waals surface area contributed by atoms with Gasteiger partial charge in [0.2, 0.25) is 17.9 Å². The van der Waals surface area contributed by atoms with E-state index in [1.807, 2.05) is 0 Å². The number of rotatable bonds is 7. The first-order valence-electron chi connectivity index (χ1n) is 8.49. The van der Waals surface area contributed by atoms with Crippen molar-refractivity contribution in [2.45, 2.75) is 11.8 Å². The molecule has 0 atom stereocenters. The Labute approximate surface area is 168 Å². The monoisotopic (exact) mass is 417 g/mol. The van der Waals surface area contributed by atoms with Crippen LogP contribution in [0.1, 0.15) is 5.82 Å². The number of carbonyl (C=O) groups excluding carboxylic acids is 1. The molecule has 4 rings (SSSR count). The van der Waals surface area contributed by atoms with Crippen molar-refractivity contribution >= 4 is 23.4 Å². The zero-order chi connectivity index (χ0) is 20.2. The Balaban J connectivity index is 1.31. The highest BCUT2D eigenvalue weighted by Gasteiger charge is 2.16. The number of hydrogen-bond donors (Lipinski definition) is 2. The minimum absolute atomic E-state index is 0.0611. The van der Waals surface area contributed by atoms with Gasteiger partial charge in [0.25, 0.3) is 0 Å². The van der Waals surface area contributed by atoms with Crippen LogP contribution in [0.25, 0.3) is 0 Å². The fourth-order valence-corrected chi connectivity index (χ4v) is 3.19. The van der Waals surface area contributed by atoms with Crippen molar-refractivity contribution in [1.29, 1.82) is 0 Å². The van der Waals surface area contributed by atoms with E-state index in [-0.39, 0.29) is 30.8 Å². The third kappa shape index (κ3) is 4.35. The van der Waals surface area contributed by atoms with Crippen molar-refractivity contribution in [2.75, 3.05) is 23.7 Å². The fraction of sp³-hybridized carbons (Fsp3) is 0.167. The van der Waals surface area contributed by atoms with Gasteiger partial charge in [0.1, 0.15) is 6.61 Å². The lowest BCUT2D eigenvalue weighted by atomic mass is 10.3. The Morgan fingerprint density at radius 3 is 2.93 bits per heavy atom. The number of fused-ring (bicyclic) bond motifs is 1. The number of thioether (sulfide) groups is 1. The number of para-hydroxylation sites is 1. The lowest BCUT2D eigenvalue weighted by Gasteiger charge is -2.07. The van der Waals surface area contributed by atoms with Gasteiger partial charge in [-0.2, -0.15) is 0 Å². The third-order valence-corrected chi connectivity index (χ3v) is 4.86. The summed E-state index contributed by atoms with van der Waals surface area (Å²) < 4.78 is 30.7. The first-order valence-corrected chi connectivity index (χ1v) is 9.48. The molecule has 9 nitrogen and oxygen atoms in total. The maximum absolute atomic E-state index is 13.6.